The summed E-state index contributed by atoms with van der Waals surface area (Å²) in [5.74, 6) is -2.42. The number of benzene rings is 1. The van der Waals surface area contributed by atoms with Gasteiger partial charge >= 0.3 is 5.97 Å². The lowest BCUT2D eigenvalue weighted by Crippen LogP contribution is -2.19. The Hall–Kier alpha value is -2.25. The summed E-state index contributed by atoms with van der Waals surface area (Å²) in [5.41, 5.74) is -0.841. The average Bonchev–Trinajstić information content (AvgIpc) is 2.90. The highest BCUT2D eigenvalue weighted by atomic mass is 35.5. The predicted octanol–water partition coefficient (Wildman–Crippen LogP) is 3.77. The second kappa shape index (κ2) is 5.75. The number of carbonyl (C=O) groups excluding carboxylic acids is 1. The van der Waals surface area contributed by atoms with E-state index in [1.807, 2.05) is 0 Å². The van der Waals surface area contributed by atoms with Crippen LogP contribution in [0.4, 0.5) is 8.78 Å². The minimum absolute atomic E-state index is 0.0138. The molecule has 0 aliphatic rings. The molecule has 118 valence electrons. The van der Waals surface area contributed by atoms with Gasteiger partial charge in [0.2, 0.25) is 5.43 Å². The van der Waals surface area contributed by atoms with Gasteiger partial charge in [-0.2, -0.15) is 0 Å². The lowest BCUT2D eigenvalue weighted by Gasteiger charge is -2.11. The van der Waals surface area contributed by atoms with Gasteiger partial charge in [0.05, 0.1) is 22.5 Å². The van der Waals surface area contributed by atoms with E-state index in [1.54, 1.807) is 0 Å². The quantitative estimate of drug-likeness (QED) is 0.657. The van der Waals surface area contributed by atoms with E-state index >= 15 is 0 Å². The van der Waals surface area contributed by atoms with Gasteiger partial charge < -0.3 is 9.30 Å². The van der Waals surface area contributed by atoms with Gasteiger partial charge in [-0.25, -0.2) is 13.6 Å². The maximum absolute atomic E-state index is 14.1. The summed E-state index contributed by atoms with van der Waals surface area (Å²) < 4.78 is 33.4. The third-order valence-corrected chi connectivity index (χ3v) is 4.49. The molecule has 0 N–H and O–H groups in total. The van der Waals surface area contributed by atoms with E-state index < -0.39 is 23.0 Å². The Balaban J connectivity index is 2.41. The van der Waals surface area contributed by atoms with Gasteiger partial charge in [0.1, 0.15) is 22.0 Å². The summed E-state index contributed by atoms with van der Waals surface area (Å²) in [6.45, 7) is 0. The zero-order valence-electron chi connectivity index (χ0n) is 11.6. The highest BCUT2D eigenvalue weighted by molar-refractivity contribution is 7.22. The van der Waals surface area contributed by atoms with Crippen LogP contribution in [0, 0.1) is 11.6 Å². The standard InChI is InChI=1S/C15H8ClF2NO3S/c1-22-15(21)9-6-19(11-3-2-7(17)4-10(11)18)14-8(13(9)20)5-12(16)23-14/h2-6H,1H3. The van der Waals surface area contributed by atoms with Crippen LogP contribution in [-0.2, 0) is 4.74 Å². The van der Waals surface area contributed by atoms with Crippen LogP contribution in [0.3, 0.4) is 0 Å². The monoisotopic (exact) mass is 355 g/mol. The van der Waals surface area contributed by atoms with Gasteiger partial charge in [0.25, 0.3) is 0 Å². The van der Waals surface area contributed by atoms with E-state index in [0.29, 0.717) is 15.2 Å². The number of fused-ring (bicyclic) bond motifs is 1. The topological polar surface area (TPSA) is 48.3 Å². The average molecular weight is 356 g/mol. The lowest BCUT2D eigenvalue weighted by atomic mass is 10.2. The van der Waals surface area contributed by atoms with Crippen LogP contribution in [0.1, 0.15) is 10.4 Å². The molecule has 0 saturated heterocycles. The van der Waals surface area contributed by atoms with E-state index in [2.05, 4.69) is 4.74 Å². The predicted molar refractivity (Wildman–Crippen MR) is 83.7 cm³/mol. The molecule has 3 rings (SSSR count). The van der Waals surface area contributed by atoms with E-state index in [9.17, 15) is 18.4 Å². The molecule has 0 aliphatic carbocycles. The molecule has 0 unspecified atom stereocenters. The van der Waals surface area contributed by atoms with Gasteiger partial charge in [0.15, 0.2) is 0 Å². The van der Waals surface area contributed by atoms with Crippen molar-refractivity contribution in [2.24, 2.45) is 0 Å². The number of rotatable bonds is 2. The number of carbonyl (C=O) groups is 1. The number of hydrogen-bond acceptors (Lipinski definition) is 4. The lowest BCUT2D eigenvalue weighted by molar-refractivity contribution is 0.0599. The normalized spacial score (nSPS) is 11.0. The maximum atomic E-state index is 14.1. The SMILES string of the molecule is COC(=O)c1cn(-c2ccc(F)cc2F)c2sc(Cl)cc2c1=O. The Bertz CT molecular complexity index is 996. The van der Waals surface area contributed by atoms with Crippen molar-refractivity contribution in [2.45, 2.75) is 0 Å². The minimum atomic E-state index is -0.851. The fraction of sp³-hybridized carbons (Fsp3) is 0.0667. The van der Waals surface area contributed by atoms with E-state index in [4.69, 9.17) is 11.6 Å². The molecule has 0 radical (unpaired) electrons. The first-order valence-corrected chi connectivity index (χ1v) is 7.50. The third kappa shape index (κ3) is 2.62. The summed E-state index contributed by atoms with van der Waals surface area (Å²) in [6.07, 6.45) is 1.17. The number of aromatic nitrogens is 1. The number of halogens is 3. The molecule has 23 heavy (non-hydrogen) atoms. The molecule has 0 spiro atoms. The molecule has 0 aliphatic heterocycles. The van der Waals surface area contributed by atoms with Gasteiger partial charge in [-0.05, 0) is 18.2 Å². The number of methoxy groups -OCH3 is 1. The van der Waals surface area contributed by atoms with Crippen molar-refractivity contribution in [1.29, 1.82) is 0 Å². The largest absolute Gasteiger partial charge is 0.465 e. The fourth-order valence-corrected chi connectivity index (χ4v) is 3.40. The van der Waals surface area contributed by atoms with E-state index in [-0.39, 0.29) is 16.6 Å². The molecule has 1 aromatic carbocycles. The van der Waals surface area contributed by atoms with Crippen LogP contribution >= 0.6 is 22.9 Å². The van der Waals surface area contributed by atoms with Crippen molar-refractivity contribution < 1.29 is 18.3 Å². The van der Waals surface area contributed by atoms with Gasteiger partial charge in [-0.3, -0.25) is 4.79 Å². The van der Waals surface area contributed by atoms with Gasteiger partial charge in [0, 0.05) is 12.3 Å². The molecular formula is C15H8ClF2NO3S. The Morgan fingerprint density at radius 3 is 2.70 bits per heavy atom. The van der Waals surface area contributed by atoms with Crippen molar-refractivity contribution in [3.8, 4) is 5.69 Å². The van der Waals surface area contributed by atoms with E-state index in [0.717, 1.165) is 24.5 Å². The van der Waals surface area contributed by atoms with Crippen LogP contribution in [0.2, 0.25) is 4.34 Å². The first kappa shape index (κ1) is 15.6. The van der Waals surface area contributed by atoms with Crippen molar-refractivity contribution in [1.82, 2.24) is 4.57 Å². The van der Waals surface area contributed by atoms with Crippen molar-refractivity contribution in [3.63, 3.8) is 0 Å². The molecule has 4 nitrogen and oxygen atoms in total. The Morgan fingerprint density at radius 1 is 1.30 bits per heavy atom. The van der Waals surface area contributed by atoms with Crippen LogP contribution in [0.25, 0.3) is 15.9 Å². The van der Waals surface area contributed by atoms with E-state index in [1.165, 1.54) is 22.9 Å². The van der Waals surface area contributed by atoms with Crippen LogP contribution in [0.5, 0.6) is 0 Å². The Kier molecular flexibility index (Phi) is 3.91. The molecule has 0 atom stereocenters. The number of hydrogen-bond donors (Lipinski definition) is 0. The fourth-order valence-electron chi connectivity index (χ4n) is 2.20. The van der Waals surface area contributed by atoms with Crippen molar-refractivity contribution in [2.75, 3.05) is 7.11 Å². The second-order valence-electron chi connectivity index (χ2n) is 4.60. The highest BCUT2D eigenvalue weighted by Crippen LogP contribution is 2.30. The molecular weight excluding hydrogens is 348 g/mol. The summed E-state index contributed by atoms with van der Waals surface area (Å²) in [4.78, 5) is 24.5. The number of thiophene rings is 1. The van der Waals surface area contributed by atoms with Crippen LogP contribution in [-0.4, -0.2) is 17.6 Å². The van der Waals surface area contributed by atoms with Gasteiger partial charge in [-0.15, -0.1) is 11.3 Å². The van der Waals surface area contributed by atoms with Gasteiger partial charge in [-0.1, -0.05) is 11.6 Å². The van der Waals surface area contributed by atoms with Crippen molar-refractivity contribution >= 4 is 39.1 Å². The summed E-state index contributed by atoms with van der Waals surface area (Å²) in [6, 6.07) is 4.40. The zero-order chi connectivity index (χ0) is 16.7. The minimum Gasteiger partial charge on any atom is -0.465 e. The molecule has 2 aromatic heterocycles. The molecule has 0 saturated carbocycles. The van der Waals surface area contributed by atoms with Crippen LogP contribution < -0.4 is 5.43 Å². The molecule has 0 bridgehead atoms. The smallest absolute Gasteiger partial charge is 0.343 e. The first-order chi connectivity index (χ1) is 10.9. The molecule has 3 aromatic rings. The van der Waals surface area contributed by atoms with Crippen LogP contribution in [0.15, 0.2) is 35.3 Å². The third-order valence-electron chi connectivity index (χ3n) is 3.22. The summed E-state index contributed by atoms with van der Waals surface area (Å²) in [5, 5.41) is 0.159. The molecule has 2 heterocycles. The number of ether oxygens (including phenoxy) is 1. The van der Waals surface area contributed by atoms with Crippen molar-refractivity contribution in [3.05, 3.63) is 62.2 Å². The number of nitrogens with zero attached hydrogens (tertiary/aromatic N) is 1. The maximum Gasteiger partial charge on any atom is 0.343 e. The second-order valence-corrected chi connectivity index (χ2v) is 6.26. The Morgan fingerprint density at radius 2 is 2.04 bits per heavy atom. The Labute approximate surface area is 137 Å². The summed E-state index contributed by atoms with van der Waals surface area (Å²) >= 11 is 6.99. The number of esters is 1. The zero-order valence-corrected chi connectivity index (χ0v) is 13.2. The number of pyridine rings is 1. The highest BCUT2D eigenvalue weighted by Gasteiger charge is 2.20. The summed E-state index contributed by atoms with van der Waals surface area (Å²) in [7, 11) is 1.13. The molecule has 0 fully saturated rings. The molecule has 8 heteroatoms. The molecule has 0 amide bonds. The first-order valence-electron chi connectivity index (χ1n) is 6.31.